The van der Waals surface area contributed by atoms with Gasteiger partial charge in [0.15, 0.2) is 5.78 Å². The van der Waals surface area contributed by atoms with E-state index in [4.69, 9.17) is 4.42 Å². The maximum absolute atomic E-state index is 12.5. The van der Waals surface area contributed by atoms with Crippen LogP contribution in [0.1, 0.15) is 22.8 Å². The van der Waals surface area contributed by atoms with Crippen LogP contribution < -0.4 is 0 Å². The van der Waals surface area contributed by atoms with E-state index in [9.17, 15) is 4.79 Å². The molecule has 4 nitrogen and oxygen atoms in total. The molecule has 0 aliphatic heterocycles. The predicted molar refractivity (Wildman–Crippen MR) is 98.3 cm³/mol. The number of Topliss-reactive ketones (excluding diaryl/α,β-unsaturated/α-hetero) is 1. The third kappa shape index (κ3) is 3.76. The number of halogens is 1. The van der Waals surface area contributed by atoms with Gasteiger partial charge in [-0.3, -0.25) is 4.79 Å². The minimum Gasteiger partial charge on any atom is -0.411 e. The first kappa shape index (κ1) is 16.9. The van der Waals surface area contributed by atoms with Crippen LogP contribution in [0.4, 0.5) is 0 Å². The lowest BCUT2D eigenvalue weighted by Gasteiger charge is -2.07. The summed E-state index contributed by atoms with van der Waals surface area (Å²) in [6, 6.07) is 15.2. The van der Waals surface area contributed by atoms with Crippen LogP contribution in [0.15, 0.2) is 62.6 Å². The van der Waals surface area contributed by atoms with Crippen LogP contribution >= 0.6 is 27.7 Å². The van der Waals surface area contributed by atoms with Gasteiger partial charge >= 0.3 is 0 Å². The second-order valence-corrected chi connectivity index (χ2v) is 7.49. The number of carbonyl (C=O) groups is 1. The van der Waals surface area contributed by atoms with Crippen molar-refractivity contribution in [1.29, 1.82) is 0 Å². The summed E-state index contributed by atoms with van der Waals surface area (Å²) in [5.41, 5.74) is 2.64. The number of rotatable bonds is 5. The van der Waals surface area contributed by atoms with E-state index in [2.05, 4.69) is 26.1 Å². The monoisotopic (exact) mass is 402 g/mol. The zero-order valence-electron chi connectivity index (χ0n) is 13.2. The molecule has 122 valence electrons. The molecule has 0 radical (unpaired) electrons. The van der Waals surface area contributed by atoms with Crippen LogP contribution in [0.25, 0.3) is 11.5 Å². The number of thioether (sulfide) groups is 1. The second-order valence-electron chi connectivity index (χ2n) is 5.34. The number of ketones is 1. The van der Waals surface area contributed by atoms with Crippen LogP contribution in [-0.4, -0.2) is 21.2 Å². The second kappa shape index (κ2) is 7.32. The van der Waals surface area contributed by atoms with Gasteiger partial charge in [-0.1, -0.05) is 53.7 Å². The fourth-order valence-corrected chi connectivity index (χ4v) is 3.37. The van der Waals surface area contributed by atoms with Crippen molar-refractivity contribution in [2.24, 2.45) is 0 Å². The van der Waals surface area contributed by atoms with E-state index in [-0.39, 0.29) is 11.0 Å². The van der Waals surface area contributed by atoms with E-state index in [1.807, 2.05) is 62.4 Å². The SMILES string of the molecule is Cc1ccc(C(=O)[C@@H](C)Sc2nnc(-c3ccccc3Br)o2)cc1. The molecule has 0 saturated heterocycles. The Morgan fingerprint density at radius 3 is 2.54 bits per heavy atom. The Kier molecular flexibility index (Phi) is 5.16. The van der Waals surface area contributed by atoms with Crippen molar-refractivity contribution in [3.63, 3.8) is 0 Å². The zero-order chi connectivity index (χ0) is 17.1. The molecule has 3 rings (SSSR count). The fourth-order valence-electron chi connectivity index (χ4n) is 2.16. The van der Waals surface area contributed by atoms with Gasteiger partial charge in [-0.25, -0.2) is 0 Å². The minimum absolute atomic E-state index is 0.0423. The van der Waals surface area contributed by atoms with Gasteiger partial charge in [-0.2, -0.15) is 0 Å². The number of nitrogens with zero attached hydrogens (tertiary/aromatic N) is 2. The standard InChI is InChI=1S/C18H15BrN2O2S/c1-11-7-9-13(10-8-11)16(22)12(2)24-18-21-20-17(23-18)14-5-3-4-6-15(14)19/h3-10,12H,1-2H3/t12-/m1/s1. The molecular weight excluding hydrogens is 388 g/mol. The molecule has 0 fully saturated rings. The average molecular weight is 403 g/mol. The average Bonchev–Trinajstić information content (AvgIpc) is 3.03. The van der Waals surface area contributed by atoms with Gasteiger partial charge in [0.1, 0.15) is 0 Å². The van der Waals surface area contributed by atoms with E-state index >= 15 is 0 Å². The Bertz CT molecular complexity index is 861. The maximum atomic E-state index is 12.5. The van der Waals surface area contributed by atoms with E-state index in [0.29, 0.717) is 16.7 Å². The Labute approximate surface area is 152 Å². The van der Waals surface area contributed by atoms with Crippen LogP contribution in [0.5, 0.6) is 0 Å². The highest BCUT2D eigenvalue weighted by Crippen LogP contribution is 2.31. The molecule has 0 unspecified atom stereocenters. The smallest absolute Gasteiger partial charge is 0.277 e. The highest BCUT2D eigenvalue weighted by atomic mass is 79.9. The first-order valence-electron chi connectivity index (χ1n) is 7.40. The molecule has 0 N–H and O–H groups in total. The molecule has 24 heavy (non-hydrogen) atoms. The molecule has 0 spiro atoms. The normalized spacial score (nSPS) is 12.1. The highest BCUT2D eigenvalue weighted by Gasteiger charge is 2.20. The van der Waals surface area contributed by atoms with Gasteiger partial charge in [0.2, 0.25) is 5.89 Å². The summed E-state index contributed by atoms with van der Waals surface area (Å²) in [6.45, 7) is 3.84. The highest BCUT2D eigenvalue weighted by molar-refractivity contribution is 9.10. The number of aryl methyl sites for hydroxylation is 1. The molecule has 6 heteroatoms. The molecule has 0 amide bonds. The summed E-state index contributed by atoms with van der Waals surface area (Å²) >= 11 is 4.73. The molecule has 1 heterocycles. The van der Waals surface area contributed by atoms with Crippen molar-refractivity contribution in [2.45, 2.75) is 24.3 Å². The molecule has 3 aromatic rings. The van der Waals surface area contributed by atoms with Crippen molar-refractivity contribution < 1.29 is 9.21 Å². The van der Waals surface area contributed by atoms with Gasteiger partial charge in [-0.05, 0) is 41.9 Å². The lowest BCUT2D eigenvalue weighted by molar-refractivity contribution is 0.0993. The van der Waals surface area contributed by atoms with Gasteiger partial charge in [0.05, 0.1) is 10.8 Å². The molecule has 0 aliphatic rings. The molecule has 1 atom stereocenters. The van der Waals surface area contributed by atoms with Gasteiger partial charge in [-0.15, -0.1) is 10.2 Å². The number of hydrogen-bond donors (Lipinski definition) is 0. The van der Waals surface area contributed by atoms with Gasteiger partial charge < -0.3 is 4.42 Å². The van der Waals surface area contributed by atoms with E-state index < -0.39 is 0 Å². The molecular formula is C18H15BrN2O2S. The van der Waals surface area contributed by atoms with Crippen LogP contribution in [-0.2, 0) is 0 Å². The maximum Gasteiger partial charge on any atom is 0.277 e. The summed E-state index contributed by atoms with van der Waals surface area (Å²) in [5, 5.41) is 8.18. The molecule has 0 aliphatic carbocycles. The lowest BCUT2D eigenvalue weighted by atomic mass is 10.1. The van der Waals surface area contributed by atoms with Crippen LogP contribution in [0, 0.1) is 6.92 Å². The Hall–Kier alpha value is -1.92. The molecule has 0 saturated carbocycles. The Balaban J connectivity index is 1.73. The van der Waals surface area contributed by atoms with E-state index in [1.165, 1.54) is 11.8 Å². The zero-order valence-corrected chi connectivity index (χ0v) is 15.6. The van der Waals surface area contributed by atoms with Crippen molar-refractivity contribution in [2.75, 3.05) is 0 Å². The fraction of sp³-hybridized carbons (Fsp3) is 0.167. The summed E-state index contributed by atoms with van der Waals surface area (Å²) in [5.74, 6) is 0.473. The predicted octanol–water partition coefficient (Wildman–Crippen LogP) is 5.17. The van der Waals surface area contributed by atoms with E-state index in [0.717, 1.165) is 15.6 Å². The molecule has 1 aromatic heterocycles. The lowest BCUT2D eigenvalue weighted by Crippen LogP contribution is -2.13. The van der Waals surface area contributed by atoms with Crippen LogP contribution in [0.3, 0.4) is 0 Å². The summed E-state index contributed by atoms with van der Waals surface area (Å²) in [7, 11) is 0. The number of carbonyl (C=O) groups excluding carboxylic acids is 1. The summed E-state index contributed by atoms with van der Waals surface area (Å²) in [4.78, 5) is 12.5. The van der Waals surface area contributed by atoms with Crippen molar-refractivity contribution >= 4 is 33.5 Å². The van der Waals surface area contributed by atoms with Crippen LogP contribution in [0.2, 0.25) is 0 Å². The Morgan fingerprint density at radius 2 is 1.83 bits per heavy atom. The largest absolute Gasteiger partial charge is 0.411 e. The van der Waals surface area contributed by atoms with Crippen molar-refractivity contribution in [3.8, 4) is 11.5 Å². The summed E-state index contributed by atoms with van der Waals surface area (Å²) < 4.78 is 6.57. The van der Waals surface area contributed by atoms with Crippen molar-refractivity contribution in [1.82, 2.24) is 10.2 Å². The molecule has 0 bridgehead atoms. The topological polar surface area (TPSA) is 56.0 Å². The third-order valence-corrected chi connectivity index (χ3v) is 5.12. The quantitative estimate of drug-likeness (QED) is 0.435. The third-order valence-electron chi connectivity index (χ3n) is 3.49. The summed E-state index contributed by atoms with van der Waals surface area (Å²) in [6.07, 6.45) is 0. The van der Waals surface area contributed by atoms with Gasteiger partial charge in [0.25, 0.3) is 5.22 Å². The molecule has 2 aromatic carbocycles. The van der Waals surface area contributed by atoms with Gasteiger partial charge in [0, 0.05) is 10.0 Å². The van der Waals surface area contributed by atoms with Crippen molar-refractivity contribution in [3.05, 3.63) is 64.1 Å². The van der Waals surface area contributed by atoms with E-state index in [1.54, 1.807) is 0 Å². The first-order valence-corrected chi connectivity index (χ1v) is 9.08. The minimum atomic E-state index is -0.305. The number of hydrogen-bond acceptors (Lipinski definition) is 5. The number of benzene rings is 2. The first-order chi connectivity index (χ1) is 11.5. The Morgan fingerprint density at radius 1 is 1.12 bits per heavy atom. The number of aromatic nitrogens is 2.